The van der Waals surface area contributed by atoms with Crippen LogP contribution in [0.15, 0.2) is 77.7 Å². The maximum Gasteiger partial charge on any atom is 0.200 e. The van der Waals surface area contributed by atoms with Gasteiger partial charge in [-0.1, -0.05) is 48.0 Å². The summed E-state index contributed by atoms with van der Waals surface area (Å²) in [7, 11) is -4.08. The second-order valence-electron chi connectivity index (χ2n) is 7.26. The molecule has 0 saturated carbocycles. The molecule has 0 saturated heterocycles. The molecule has 8 heteroatoms. The van der Waals surface area contributed by atoms with Gasteiger partial charge in [-0.15, -0.1) is 0 Å². The van der Waals surface area contributed by atoms with Gasteiger partial charge in [0.1, 0.15) is 11.5 Å². The second kappa shape index (κ2) is 8.73. The number of aryl methyl sites for hydroxylation is 1. The number of aromatic nitrogens is 2. The largest absolute Gasteiger partial charge is 0.364 e. The molecule has 0 aliphatic carbocycles. The molecule has 0 amide bonds. The van der Waals surface area contributed by atoms with E-state index in [2.05, 4.69) is 15.3 Å². The first-order valence-electron chi connectivity index (χ1n) is 9.84. The van der Waals surface area contributed by atoms with Gasteiger partial charge in [-0.3, -0.25) is 0 Å². The highest BCUT2D eigenvalue weighted by atomic mass is 32.2. The highest BCUT2D eigenvalue weighted by molar-refractivity contribution is 7.92. The third kappa shape index (κ3) is 4.15. The van der Waals surface area contributed by atoms with Crippen molar-refractivity contribution >= 4 is 26.7 Å². The molecule has 32 heavy (non-hydrogen) atoms. The van der Waals surface area contributed by atoms with E-state index >= 15 is 0 Å². The minimum Gasteiger partial charge on any atom is -0.364 e. The van der Waals surface area contributed by atoms with Gasteiger partial charge in [-0.25, -0.2) is 22.8 Å². The average Bonchev–Trinajstić information content (AvgIpc) is 2.79. The van der Waals surface area contributed by atoms with Crippen molar-refractivity contribution in [3.8, 4) is 6.07 Å². The summed E-state index contributed by atoms with van der Waals surface area (Å²) in [5.41, 5.74) is 2.23. The first-order valence-corrected chi connectivity index (χ1v) is 11.4. The predicted molar refractivity (Wildman–Crippen MR) is 120 cm³/mol. The Balaban J connectivity index is 1.82. The first-order chi connectivity index (χ1) is 15.4. The van der Waals surface area contributed by atoms with Crippen molar-refractivity contribution in [3.63, 3.8) is 0 Å². The molecule has 3 aromatic carbocycles. The van der Waals surface area contributed by atoms with Crippen LogP contribution in [0.2, 0.25) is 0 Å². The molecule has 6 nitrogen and oxygen atoms in total. The van der Waals surface area contributed by atoms with E-state index in [0.717, 1.165) is 5.56 Å². The maximum atomic E-state index is 14.1. The number of para-hydroxylation sites is 2. The van der Waals surface area contributed by atoms with Crippen LogP contribution in [0.3, 0.4) is 0 Å². The Kier molecular flexibility index (Phi) is 5.84. The zero-order valence-electron chi connectivity index (χ0n) is 17.2. The Morgan fingerprint density at radius 3 is 2.25 bits per heavy atom. The molecule has 0 aliphatic rings. The summed E-state index contributed by atoms with van der Waals surface area (Å²) >= 11 is 0. The van der Waals surface area contributed by atoms with Gasteiger partial charge in [0.15, 0.2) is 11.1 Å². The van der Waals surface area contributed by atoms with Crippen LogP contribution in [0.1, 0.15) is 22.1 Å². The molecule has 0 fully saturated rings. The third-order valence-electron chi connectivity index (χ3n) is 5.03. The van der Waals surface area contributed by atoms with E-state index in [0.29, 0.717) is 16.6 Å². The highest BCUT2D eigenvalue weighted by Crippen LogP contribution is 2.32. The highest BCUT2D eigenvalue weighted by Gasteiger charge is 2.33. The smallest absolute Gasteiger partial charge is 0.200 e. The third-order valence-corrected chi connectivity index (χ3v) is 6.91. The van der Waals surface area contributed by atoms with Crippen LogP contribution in [0, 0.1) is 24.1 Å². The lowest BCUT2D eigenvalue weighted by Gasteiger charge is -2.16. The van der Waals surface area contributed by atoms with Crippen LogP contribution >= 0.6 is 0 Å². The number of sulfone groups is 1. The standard InChI is InChI=1S/C24H19FN4O2S/c1-16-10-12-18(13-11-16)32(30,31)22(14-26)23-24(27-15-17-6-2-3-7-19(17)25)29-21-9-5-4-8-20(21)28-23/h2-13,22H,15H2,1H3,(H,27,29)/t22-/m1/s1. The van der Waals surface area contributed by atoms with Gasteiger partial charge in [0.2, 0.25) is 9.84 Å². The molecule has 160 valence electrons. The Bertz CT molecular complexity index is 1430. The van der Waals surface area contributed by atoms with E-state index in [9.17, 15) is 18.1 Å². The number of anilines is 1. The van der Waals surface area contributed by atoms with Crippen molar-refractivity contribution in [2.75, 3.05) is 5.32 Å². The van der Waals surface area contributed by atoms with E-state index in [1.54, 1.807) is 54.6 Å². The van der Waals surface area contributed by atoms with E-state index in [-0.39, 0.29) is 23.0 Å². The summed E-state index contributed by atoms with van der Waals surface area (Å²) in [6, 6.07) is 21.4. The summed E-state index contributed by atoms with van der Waals surface area (Å²) in [5, 5.41) is 11.3. The number of halogens is 1. The summed E-state index contributed by atoms with van der Waals surface area (Å²) in [6.45, 7) is 1.90. The lowest BCUT2D eigenvalue weighted by molar-refractivity contribution is 0.590. The van der Waals surface area contributed by atoms with E-state index in [1.807, 2.05) is 13.0 Å². The zero-order valence-corrected chi connectivity index (χ0v) is 18.0. The fourth-order valence-electron chi connectivity index (χ4n) is 3.29. The van der Waals surface area contributed by atoms with Crippen molar-refractivity contribution in [3.05, 3.63) is 95.4 Å². The Morgan fingerprint density at radius 1 is 0.969 bits per heavy atom. The van der Waals surface area contributed by atoms with Gasteiger partial charge in [0, 0.05) is 12.1 Å². The monoisotopic (exact) mass is 446 g/mol. The van der Waals surface area contributed by atoms with Gasteiger partial charge in [0.25, 0.3) is 0 Å². The number of rotatable bonds is 6. The number of nitriles is 1. The summed E-state index contributed by atoms with van der Waals surface area (Å²) in [4.78, 5) is 8.99. The van der Waals surface area contributed by atoms with Crippen LogP contribution < -0.4 is 5.32 Å². The SMILES string of the molecule is Cc1ccc(S(=O)(=O)[C@H](C#N)c2nc3ccccc3nc2NCc2ccccc2F)cc1. The van der Waals surface area contributed by atoms with Crippen molar-refractivity contribution in [1.82, 2.24) is 9.97 Å². The molecule has 0 radical (unpaired) electrons. The molecule has 1 atom stereocenters. The van der Waals surface area contributed by atoms with Gasteiger partial charge >= 0.3 is 0 Å². The normalized spacial score (nSPS) is 12.3. The number of nitrogens with one attached hydrogen (secondary N) is 1. The Hall–Kier alpha value is -3.83. The molecule has 4 aromatic rings. The van der Waals surface area contributed by atoms with Crippen molar-refractivity contribution in [2.45, 2.75) is 23.6 Å². The summed E-state index contributed by atoms with van der Waals surface area (Å²) in [6.07, 6.45) is 0. The Labute approximate surface area is 185 Å². The van der Waals surface area contributed by atoms with E-state index in [4.69, 9.17) is 0 Å². The summed E-state index contributed by atoms with van der Waals surface area (Å²) in [5.74, 6) is -0.284. The molecular weight excluding hydrogens is 427 g/mol. The van der Waals surface area contributed by atoms with Gasteiger partial charge in [-0.2, -0.15) is 5.26 Å². The number of hydrogen-bond donors (Lipinski definition) is 1. The van der Waals surface area contributed by atoms with Crippen molar-refractivity contribution < 1.29 is 12.8 Å². The lowest BCUT2D eigenvalue weighted by atomic mass is 10.2. The van der Waals surface area contributed by atoms with E-state index in [1.165, 1.54) is 18.2 Å². The molecule has 0 aliphatic heterocycles. The molecule has 0 spiro atoms. The van der Waals surface area contributed by atoms with Crippen LogP contribution in [-0.2, 0) is 16.4 Å². The minimum absolute atomic E-state index is 0.0182. The average molecular weight is 447 g/mol. The number of nitrogens with zero attached hydrogens (tertiary/aromatic N) is 3. The van der Waals surface area contributed by atoms with E-state index < -0.39 is 20.9 Å². The summed E-state index contributed by atoms with van der Waals surface area (Å²) < 4.78 is 40.7. The predicted octanol–water partition coefficient (Wildman–Crippen LogP) is 4.73. The molecule has 4 rings (SSSR count). The second-order valence-corrected chi connectivity index (χ2v) is 9.29. The quantitative estimate of drug-likeness (QED) is 0.460. The fourth-order valence-corrected chi connectivity index (χ4v) is 4.67. The minimum atomic E-state index is -4.08. The topological polar surface area (TPSA) is 95.7 Å². The van der Waals surface area contributed by atoms with Crippen LogP contribution in [-0.4, -0.2) is 18.4 Å². The van der Waals surface area contributed by atoms with Crippen molar-refractivity contribution in [1.29, 1.82) is 5.26 Å². The Morgan fingerprint density at radius 2 is 1.59 bits per heavy atom. The molecule has 0 bridgehead atoms. The fraction of sp³-hybridized carbons (Fsp3) is 0.125. The van der Waals surface area contributed by atoms with Crippen LogP contribution in [0.4, 0.5) is 10.2 Å². The first kappa shape index (κ1) is 21.4. The van der Waals surface area contributed by atoms with Crippen molar-refractivity contribution in [2.24, 2.45) is 0 Å². The van der Waals surface area contributed by atoms with Crippen LogP contribution in [0.25, 0.3) is 11.0 Å². The lowest BCUT2D eigenvalue weighted by Crippen LogP contribution is -2.17. The molecule has 1 heterocycles. The van der Waals surface area contributed by atoms with Crippen LogP contribution in [0.5, 0.6) is 0 Å². The number of hydrogen-bond acceptors (Lipinski definition) is 6. The molecule has 1 N–H and O–H groups in total. The zero-order chi connectivity index (χ0) is 22.7. The molecule has 0 unspecified atom stereocenters. The van der Waals surface area contributed by atoms with Gasteiger partial charge < -0.3 is 5.32 Å². The number of benzene rings is 3. The molecular formula is C24H19FN4O2S. The number of fused-ring (bicyclic) bond motifs is 1. The molecule has 1 aromatic heterocycles. The van der Waals surface area contributed by atoms with Gasteiger partial charge in [-0.05, 0) is 37.3 Å². The maximum absolute atomic E-state index is 14.1. The van der Waals surface area contributed by atoms with Gasteiger partial charge in [0.05, 0.1) is 22.0 Å².